The summed E-state index contributed by atoms with van der Waals surface area (Å²) in [7, 11) is 0. The van der Waals surface area contributed by atoms with Crippen molar-refractivity contribution in [2.45, 2.75) is 37.6 Å². The molecule has 2 aliphatic heterocycles. The molecule has 0 saturated heterocycles. The number of hydrogen-bond donors (Lipinski definition) is 3. The van der Waals surface area contributed by atoms with E-state index in [9.17, 15) is 14.7 Å². The Morgan fingerprint density at radius 3 is 2.78 bits per heavy atom. The summed E-state index contributed by atoms with van der Waals surface area (Å²) in [6, 6.07) is 8.63. The van der Waals surface area contributed by atoms with Crippen molar-refractivity contribution >= 4 is 11.8 Å². The zero-order valence-electron chi connectivity index (χ0n) is 17.4. The Hall–Kier alpha value is -3.43. The topological polar surface area (TPSA) is 119 Å². The van der Waals surface area contributed by atoms with E-state index >= 15 is 0 Å². The van der Waals surface area contributed by atoms with Crippen LogP contribution in [0.25, 0.3) is 0 Å². The lowest BCUT2D eigenvalue weighted by atomic mass is 10.0. The Balaban J connectivity index is 1.25. The molecule has 3 heterocycles. The lowest BCUT2D eigenvalue weighted by Crippen LogP contribution is -2.49. The van der Waals surface area contributed by atoms with E-state index in [1.165, 1.54) is 0 Å². The molecule has 0 fully saturated rings. The van der Waals surface area contributed by atoms with Crippen LogP contribution in [-0.4, -0.2) is 53.6 Å². The second kappa shape index (κ2) is 10.3. The first kappa shape index (κ1) is 21.8. The molecular formula is C23H25N3O6. The smallest absolute Gasteiger partial charge is 0.231 e. The second-order valence-electron chi connectivity index (χ2n) is 7.58. The maximum atomic E-state index is 12.4. The summed E-state index contributed by atoms with van der Waals surface area (Å²) in [5.41, 5.74) is 1.69. The highest BCUT2D eigenvalue weighted by Crippen LogP contribution is 2.32. The van der Waals surface area contributed by atoms with Crippen LogP contribution < -0.4 is 20.1 Å². The van der Waals surface area contributed by atoms with Crippen molar-refractivity contribution in [3.8, 4) is 11.5 Å². The average Bonchev–Trinajstić information content (AvgIpc) is 3.27. The van der Waals surface area contributed by atoms with Crippen molar-refractivity contribution in [3.63, 3.8) is 0 Å². The van der Waals surface area contributed by atoms with Gasteiger partial charge in [0.1, 0.15) is 6.10 Å². The SMILES string of the molecule is O=C(C[C@H]1C=C[C@@H](NC(=O)Cc2cccnc2)[C@H](CO)O1)NCc1ccc2c(c1)OCO2. The monoisotopic (exact) mass is 439 g/mol. The quantitative estimate of drug-likeness (QED) is 0.522. The van der Waals surface area contributed by atoms with Crippen LogP contribution in [0.1, 0.15) is 17.5 Å². The molecule has 0 unspecified atom stereocenters. The van der Waals surface area contributed by atoms with Crippen LogP contribution in [0.4, 0.5) is 0 Å². The molecule has 0 radical (unpaired) electrons. The van der Waals surface area contributed by atoms with E-state index in [0.29, 0.717) is 18.0 Å². The first-order valence-corrected chi connectivity index (χ1v) is 10.4. The van der Waals surface area contributed by atoms with Gasteiger partial charge in [-0.15, -0.1) is 0 Å². The minimum absolute atomic E-state index is 0.105. The lowest BCUT2D eigenvalue weighted by molar-refractivity contribution is -0.128. The van der Waals surface area contributed by atoms with Gasteiger partial charge in [-0.05, 0) is 29.3 Å². The van der Waals surface area contributed by atoms with Gasteiger partial charge >= 0.3 is 0 Å². The van der Waals surface area contributed by atoms with Crippen LogP contribution in [0.5, 0.6) is 11.5 Å². The molecule has 9 nitrogen and oxygen atoms in total. The van der Waals surface area contributed by atoms with Crippen LogP contribution in [0.15, 0.2) is 54.9 Å². The maximum Gasteiger partial charge on any atom is 0.231 e. The molecule has 1 aromatic heterocycles. The Labute approximate surface area is 185 Å². The summed E-state index contributed by atoms with van der Waals surface area (Å²) in [5.74, 6) is 0.971. The fourth-order valence-electron chi connectivity index (χ4n) is 3.57. The molecule has 3 atom stereocenters. The van der Waals surface area contributed by atoms with Gasteiger partial charge in [0.05, 0.1) is 31.6 Å². The molecule has 32 heavy (non-hydrogen) atoms. The number of nitrogens with one attached hydrogen (secondary N) is 2. The summed E-state index contributed by atoms with van der Waals surface area (Å²) < 4.78 is 16.4. The van der Waals surface area contributed by atoms with E-state index in [1.54, 1.807) is 30.6 Å². The minimum atomic E-state index is -0.635. The Morgan fingerprint density at radius 2 is 1.97 bits per heavy atom. The Bertz CT molecular complexity index is 981. The molecule has 2 aromatic rings. The van der Waals surface area contributed by atoms with E-state index in [2.05, 4.69) is 15.6 Å². The van der Waals surface area contributed by atoms with Crippen LogP contribution in [0, 0.1) is 0 Å². The van der Waals surface area contributed by atoms with Crippen LogP contribution in [0.3, 0.4) is 0 Å². The number of fused-ring (bicyclic) bond motifs is 1. The third-order valence-electron chi connectivity index (χ3n) is 5.19. The van der Waals surface area contributed by atoms with Crippen molar-refractivity contribution in [1.29, 1.82) is 0 Å². The molecule has 2 aliphatic rings. The van der Waals surface area contributed by atoms with E-state index in [1.807, 2.05) is 24.3 Å². The number of carbonyl (C=O) groups is 2. The van der Waals surface area contributed by atoms with Gasteiger partial charge in [0.25, 0.3) is 0 Å². The number of aliphatic hydroxyl groups is 1. The molecule has 2 amide bonds. The number of nitrogens with zero attached hydrogens (tertiary/aromatic N) is 1. The number of ether oxygens (including phenoxy) is 3. The van der Waals surface area contributed by atoms with Gasteiger partial charge < -0.3 is 30.0 Å². The molecule has 0 spiro atoms. The van der Waals surface area contributed by atoms with E-state index in [4.69, 9.17) is 14.2 Å². The lowest BCUT2D eigenvalue weighted by Gasteiger charge is -2.31. The molecule has 3 N–H and O–H groups in total. The molecule has 0 saturated carbocycles. The van der Waals surface area contributed by atoms with Crippen molar-refractivity contribution in [2.75, 3.05) is 13.4 Å². The van der Waals surface area contributed by atoms with Gasteiger partial charge in [-0.1, -0.05) is 24.3 Å². The normalized spacial score (nSPS) is 21.2. The number of carbonyl (C=O) groups excluding carboxylic acids is 2. The Kier molecular flexibility index (Phi) is 6.98. The first-order valence-electron chi connectivity index (χ1n) is 10.4. The Morgan fingerprint density at radius 1 is 1.09 bits per heavy atom. The molecule has 168 valence electrons. The highest BCUT2D eigenvalue weighted by atomic mass is 16.7. The van der Waals surface area contributed by atoms with Crippen LogP contribution >= 0.6 is 0 Å². The molecule has 0 aliphatic carbocycles. The largest absolute Gasteiger partial charge is 0.454 e. The van der Waals surface area contributed by atoms with E-state index < -0.39 is 18.2 Å². The molecular weight excluding hydrogens is 414 g/mol. The van der Waals surface area contributed by atoms with Gasteiger partial charge in [-0.3, -0.25) is 14.6 Å². The van der Waals surface area contributed by atoms with Crippen molar-refractivity contribution in [3.05, 3.63) is 66.0 Å². The van der Waals surface area contributed by atoms with Crippen molar-refractivity contribution in [1.82, 2.24) is 15.6 Å². The summed E-state index contributed by atoms with van der Waals surface area (Å²) >= 11 is 0. The van der Waals surface area contributed by atoms with E-state index in [-0.39, 0.29) is 38.1 Å². The number of aromatic nitrogens is 1. The highest BCUT2D eigenvalue weighted by molar-refractivity contribution is 5.79. The van der Waals surface area contributed by atoms with Gasteiger partial charge in [-0.2, -0.15) is 0 Å². The predicted molar refractivity (Wildman–Crippen MR) is 114 cm³/mol. The number of amides is 2. The zero-order chi connectivity index (χ0) is 22.3. The third kappa shape index (κ3) is 5.63. The van der Waals surface area contributed by atoms with Crippen molar-refractivity contribution in [2.24, 2.45) is 0 Å². The molecule has 0 bridgehead atoms. The summed E-state index contributed by atoms with van der Waals surface area (Å²) in [5, 5.41) is 15.4. The second-order valence-corrected chi connectivity index (χ2v) is 7.58. The number of rotatable bonds is 8. The minimum Gasteiger partial charge on any atom is -0.454 e. The summed E-state index contributed by atoms with van der Waals surface area (Å²) in [4.78, 5) is 28.7. The highest BCUT2D eigenvalue weighted by Gasteiger charge is 2.29. The summed E-state index contributed by atoms with van der Waals surface area (Å²) in [6.45, 7) is 0.271. The van der Waals surface area contributed by atoms with Gasteiger partial charge in [-0.25, -0.2) is 0 Å². The maximum absolute atomic E-state index is 12.4. The summed E-state index contributed by atoms with van der Waals surface area (Å²) in [6.07, 6.45) is 5.94. The van der Waals surface area contributed by atoms with Crippen LogP contribution in [0.2, 0.25) is 0 Å². The molecule has 4 rings (SSSR count). The number of benzene rings is 1. The van der Waals surface area contributed by atoms with Gasteiger partial charge in [0.15, 0.2) is 11.5 Å². The first-order chi connectivity index (χ1) is 15.6. The fourth-order valence-corrected chi connectivity index (χ4v) is 3.57. The molecule has 9 heteroatoms. The number of hydrogen-bond acceptors (Lipinski definition) is 7. The van der Waals surface area contributed by atoms with Crippen LogP contribution in [-0.2, 0) is 27.3 Å². The molecule has 1 aromatic carbocycles. The average molecular weight is 439 g/mol. The standard InChI is InChI=1S/C23H25N3O6/c27-13-21-18(26-23(29)9-15-2-1-7-24-11-15)5-4-17(32-21)10-22(28)25-12-16-3-6-19-20(8-16)31-14-30-19/h1-8,11,17-18,21,27H,9-10,12-14H2,(H,25,28)(H,26,29)/t17-,18-,21+/m1/s1. The number of pyridine rings is 1. The van der Waals surface area contributed by atoms with E-state index in [0.717, 1.165) is 11.1 Å². The third-order valence-corrected chi connectivity index (χ3v) is 5.19. The zero-order valence-corrected chi connectivity index (χ0v) is 17.4. The number of aliphatic hydroxyl groups excluding tert-OH is 1. The fraction of sp³-hybridized carbons (Fsp3) is 0.348. The predicted octanol–water partition coefficient (Wildman–Crippen LogP) is 0.860. The van der Waals surface area contributed by atoms with Gasteiger partial charge in [0, 0.05) is 18.9 Å². The van der Waals surface area contributed by atoms with Crippen molar-refractivity contribution < 1.29 is 28.9 Å². The van der Waals surface area contributed by atoms with Gasteiger partial charge in [0.2, 0.25) is 18.6 Å².